The molecule has 0 aliphatic heterocycles. The molecule has 0 aliphatic carbocycles. The fraction of sp³-hybridized carbons (Fsp3) is 0.500. The fourth-order valence-corrected chi connectivity index (χ4v) is 2.19. The van der Waals surface area contributed by atoms with E-state index in [1.54, 1.807) is 23.0 Å². The van der Waals surface area contributed by atoms with Crippen molar-refractivity contribution in [1.82, 2.24) is 4.90 Å². The molecule has 1 aromatic carbocycles. The van der Waals surface area contributed by atoms with Gasteiger partial charge in [0.1, 0.15) is 5.75 Å². The van der Waals surface area contributed by atoms with Crippen LogP contribution in [0, 0.1) is 0 Å². The number of ether oxygens (including phenoxy) is 1. The largest absolute Gasteiger partial charge is 0.497 e. The molecule has 1 rings (SSSR count). The van der Waals surface area contributed by atoms with Gasteiger partial charge in [-0.2, -0.15) is 0 Å². The Morgan fingerprint density at radius 3 is 2.38 bits per heavy atom. The lowest BCUT2D eigenvalue weighted by Gasteiger charge is -2.24. The van der Waals surface area contributed by atoms with Crippen LogP contribution < -0.4 is 9.64 Å². The van der Waals surface area contributed by atoms with E-state index in [1.165, 1.54) is 6.92 Å². The maximum atomic E-state index is 12.1. The van der Waals surface area contributed by atoms with Crippen LogP contribution in [0.2, 0.25) is 0 Å². The van der Waals surface area contributed by atoms with E-state index in [9.17, 15) is 9.59 Å². The Balaban J connectivity index is 2.79. The van der Waals surface area contributed by atoms with Crippen molar-refractivity contribution in [1.29, 1.82) is 0 Å². The van der Waals surface area contributed by atoms with Gasteiger partial charge >= 0.3 is 0 Å². The topological polar surface area (TPSA) is 49.9 Å². The summed E-state index contributed by atoms with van der Waals surface area (Å²) in [6.45, 7) is 7.15. The second-order valence-corrected chi connectivity index (χ2v) is 4.69. The van der Waals surface area contributed by atoms with Crippen molar-refractivity contribution in [3.05, 3.63) is 24.3 Å². The van der Waals surface area contributed by atoms with Crippen LogP contribution in [-0.4, -0.2) is 43.5 Å². The molecule has 5 heteroatoms. The second-order valence-electron chi connectivity index (χ2n) is 4.69. The second kappa shape index (κ2) is 8.29. The van der Waals surface area contributed by atoms with E-state index in [-0.39, 0.29) is 11.8 Å². The number of hydrogen-bond acceptors (Lipinski definition) is 3. The summed E-state index contributed by atoms with van der Waals surface area (Å²) in [7, 11) is 1.58. The van der Waals surface area contributed by atoms with Gasteiger partial charge in [0.2, 0.25) is 11.8 Å². The molecule has 21 heavy (non-hydrogen) atoms. The first-order valence-corrected chi connectivity index (χ1v) is 7.23. The Labute approximate surface area is 126 Å². The molecular formula is C16H24N2O3. The number of benzene rings is 1. The van der Waals surface area contributed by atoms with Gasteiger partial charge in [0.25, 0.3) is 0 Å². The maximum Gasteiger partial charge on any atom is 0.224 e. The minimum absolute atomic E-state index is 0.0640. The molecule has 0 heterocycles. The average Bonchev–Trinajstić information content (AvgIpc) is 2.48. The molecule has 0 saturated carbocycles. The van der Waals surface area contributed by atoms with Crippen LogP contribution in [0.15, 0.2) is 24.3 Å². The Bertz CT molecular complexity index is 484. The molecular weight excluding hydrogens is 268 g/mol. The summed E-state index contributed by atoms with van der Waals surface area (Å²) < 4.78 is 5.17. The summed E-state index contributed by atoms with van der Waals surface area (Å²) in [5.74, 6) is 0.665. The van der Waals surface area contributed by atoms with Crippen LogP contribution in [0.4, 0.5) is 5.69 Å². The molecule has 0 aromatic heterocycles. The van der Waals surface area contributed by atoms with E-state index in [0.29, 0.717) is 31.8 Å². The lowest BCUT2D eigenvalue weighted by molar-refractivity contribution is -0.130. The molecule has 5 nitrogen and oxygen atoms in total. The molecule has 0 atom stereocenters. The van der Waals surface area contributed by atoms with Gasteiger partial charge in [-0.15, -0.1) is 0 Å². The smallest absolute Gasteiger partial charge is 0.224 e. The normalized spacial score (nSPS) is 10.1. The predicted molar refractivity (Wildman–Crippen MR) is 83.6 cm³/mol. The molecule has 0 bridgehead atoms. The highest BCUT2D eigenvalue weighted by molar-refractivity contribution is 5.92. The average molecular weight is 292 g/mol. The molecule has 2 amide bonds. The standard InChI is InChI=1S/C16H24N2O3/c1-5-17(6-2)16(20)10-11-18(13(3)19)14-8-7-9-15(12-14)21-4/h7-9,12H,5-6,10-11H2,1-4H3. The number of anilines is 1. The maximum absolute atomic E-state index is 12.1. The van der Waals surface area contributed by atoms with E-state index in [4.69, 9.17) is 4.74 Å². The summed E-state index contributed by atoms with van der Waals surface area (Å²) >= 11 is 0. The molecule has 0 radical (unpaired) electrons. The van der Waals surface area contributed by atoms with Crippen molar-refractivity contribution < 1.29 is 14.3 Å². The van der Waals surface area contributed by atoms with Crippen molar-refractivity contribution in [2.75, 3.05) is 31.6 Å². The predicted octanol–water partition coefficient (Wildman–Crippen LogP) is 2.31. The van der Waals surface area contributed by atoms with Gasteiger partial charge in [-0.3, -0.25) is 9.59 Å². The lowest BCUT2D eigenvalue weighted by Crippen LogP contribution is -2.36. The van der Waals surface area contributed by atoms with Gasteiger partial charge in [-0.1, -0.05) is 6.07 Å². The summed E-state index contributed by atoms with van der Waals surface area (Å²) in [4.78, 5) is 27.2. The van der Waals surface area contributed by atoms with Crippen molar-refractivity contribution in [3.8, 4) is 5.75 Å². The zero-order valence-electron chi connectivity index (χ0n) is 13.3. The van der Waals surface area contributed by atoms with Crippen molar-refractivity contribution in [2.45, 2.75) is 27.2 Å². The summed E-state index contributed by atoms with van der Waals surface area (Å²) in [6, 6.07) is 7.29. The third kappa shape index (κ3) is 4.77. The van der Waals surface area contributed by atoms with Gasteiger partial charge < -0.3 is 14.5 Å². The molecule has 0 unspecified atom stereocenters. The van der Waals surface area contributed by atoms with E-state index in [0.717, 1.165) is 5.69 Å². The fourth-order valence-electron chi connectivity index (χ4n) is 2.19. The molecule has 116 valence electrons. The van der Waals surface area contributed by atoms with Gasteiger partial charge in [0.15, 0.2) is 0 Å². The van der Waals surface area contributed by atoms with Crippen LogP contribution in [0.25, 0.3) is 0 Å². The van der Waals surface area contributed by atoms with E-state index in [2.05, 4.69) is 0 Å². The minimum Gasteiger partial charge on any atom is -0.497 e. The monoisotopic (exact) mass is 292 g/mol. The van der Waals surface area contributed by atoms with E-state index in [1.807, 2.05) is 32.0 Å². The quantitative estimate of drug-likeness (QED) is 0.775. The Morgan fingerprint density at radius 1 is 1.19 bits per heavy atom. The third-order valence-corrected chi connectivity index (χ3v) is 3.41. The van der Waals surface area contributed by atoms with E-state index < -0.39 is 0 Å². The van der Waals surface area contributed by atoms with Crippen molar-refractivity contribution >= 4 is 17.5 Å². The van der Waals surface area contributed by atoms with Crippen molar-refractivity contribution in [3.63, 3.8) is 0 Å². The van der Waals surface area contributed by atoms with Crippen molar-refractivity contribution in [2.24, 2.45) is 0 Å². The Kier molecular flexibility index (Phi) is 6.72. The van der Waals surface area contributed by atoms with Crippen LogP contribution in [0.5, 0.6) is 5.75 Å². The zero-order valence-corrected chi connectivity index (χ0v) is 13.3. The first-order valence-electron chi connectivity index (χ1n) is 7.23. The number of carbonyl (C=O) groups excluding carboxylic acids is 2. The first kappa shape index (κ1) is 17.0. The highest BCUT2D eigenvalue weighted by Crippen LogP contribution is 2.21. The SMILES string of the molecule is CCN(CC)C(=O)CCN(C(C)=O)c1cccc(OC)c1. The lowest BCUT2D eigenvalue weighted by atomic mass is 10.2. The van der Waals surface area contributed by atoms with Crippen LogP contribution >= 0.6 is 0 Å². The molecule has 0 fully saturated rings. The molecule has 0 saturated heterocycles. The van der Waals surface area contributed by atoms with Gasteiger partial charge in [0.05, 0.1) is 7.11 Å². The number of amides is 2. The highest BCUT2D eigenvalue weighted by atomic mass is 16.5. The summed E-state index contributed by atoms with van der Waals surface area (Å²) in [5, 5.41) is 0. The first-order chi connectivity index (χ1) is 10.0. The highest BCUT2D eigenvalue weighted by Gasteiger charge is 2.16. The van der Waals surface area contributed by atoms with Gasteiger partial charge in [-0.05, 0) is 26.0 Å². The number of methoxy groups -OCH3 is 1. The number of carbonyl (C=O) groups is 2. The number of nitrogens with zero attached hydrogens (tertiary/aromatic N) is 2. The third-order valence-electron chi connectivity index (χ3n) is 3.41. The molecule has 1 aromatic rings. The number of hydrogen-bond donors (Lipinski definition) is 0. The van der Waals surface area contributed by atoms with Gasteiger partial charge in [-0.25, -0.2) is 0 Å². The molecule has 0 N–H and O–H groups in total. The zero-order chi connectivity index (χ0) is 15.8. The summed E-state index contributed by atoms with van der Waals surface area (Å²) in [5.41, 5.74) is 0.745. The Morgan fingerprint density at radius 2 is 1.86 bits per heavy atom. The Hall–Kier alpha value is -2.04. The van der Waals surface area contributed by atoms with Gasteiger partial charge in [0, 0.05) is 44.7 Å². The van der Waals surface area contributed by atoms with E-state index >= 15 is 0 Å². The minimum atomic E-state index is -0.0874. The number of rotatable bonds is 7. The summed E-state index contributed by atoms with van der Waals surface area (Å²) in [6.07, 6.45) is 0.318. The van der Waals surface area contributed by atoms with Crippen LogP contribution in [0.1, 0.15) is 27.2 Å². The van der Waals surface area contributed by atoms with Crippen LogP contribution in [0.3, 0.4) is 0 Å². The van der Waals surface area contributed by atoms with Crippen LogP contribution in [-0.2, 0) is 9.59 Å². The molecule has 0 aliphatic rings. The molecule has 0 spiro atoms.